The van der Waals surface area contributed by atoms with Gasteiger partial charge in [0, 0.05) is 31.3 Å². The number of hydrogen-bond acceptors (Lipinski definition) is 4. The summed E-state index contributed by atoms with van der Waals surface area (Å²) in [4.78, 5) is 13.8. The molecule has 0 radical (unpaired) electrons. The molecule has 1 aromatic rings. The molecule has 30 heavy (non-hydrogen) atoms. The molecule has 0 heterocycles. The summed E-state index contributed by atoms with van der Waals surface area (Å²) in [5.74, 6) is 2.52. The van der Waals surface area contributed by atoms with Gasteiger partial charge in [0.1, 0.15) is 11.5 Å². The zero-order chi connectivity index (χ0) is 22.5. The number of fused-ring (bicyclic) bond motifs is 1. The number of rotatable bonds is 6. The third-order valence-corrected chi connectivity index (χ3v) is 7.56. The molecule has 0 spiro atoms. The highest BCUT2D eigenvalue weighted by Gasteiger charge is 2.55. The second kappa shape index (κ2) is 10.2. The Morgan fingerprint density at radius 2 is 1.57 bits per heavy atom. The van der Waals surface area contributed by atoms with Crippen molar-refractivity contribution < 1.29 is 19.0 Å². The SMILES string of the molecule is CC.COCC1CC(C(=O)c2cc(OC)cc(OC)c2)C2(C)CCCC(C)(C)C2C1. The van der Waals surface area contributed by atoms with Crippen molar-refractivity contribution in [3.8, 4) is 11.5 Å². The quantitative estimate of drug-likeness (QED) is 0.500. The predicted octanol–water partition coefficient (Wildman–Crippen LogP) is 6.42. The number of carbonyl (C=O) groups excluding carboxylic acids is 1. The van der Waals surface area contributed by atoms with Crippen LogP contribution in [0.1, 0.15) is 77.1 Å². The van der Waals surface area contributed by atoms with Crippen molar-refractivity contribution in [1.82, 2.24) is 0 Å². The van der Waals surface area contributed by atoms with Gasteiger partial charge in [0.15, 0.2) is 5.78 Å². The average Bonchev–Trinajstić information content (AvgIpc) is 2.74. The summed E-state index contributed by atoms with van der Waals surface area (Å²) < 4.78 is 16.3. The second-order valence-electron chi connectivity index (χ2n) is 9.71. The molecule has 4 unspecified atom stereocenters. The van der Waals surface area contributed by atoms with Crippen LogP contribution in [0, 0.1) is 28.6 Å². The zero-order valence-electron chi connectivity index (χ0n) is 20.3. The average molecular weight is 419 g/mol. The van der Waals surface area contributed by atoms with Crippen LogP contribution in [0.2, 0.25) is 0 Å². The molecule has 0 N–H and O–H groups in total. The van der Waals surface area contributed by atoms with E-state index in [0.717, 1.165) is 25.9 Å². The fraction of sp³-hybridized carbons (Fsp3) is 0.731. The van der Waals surface area contributed by atoms with Crippen LogP contribution in [0.5, 0.6) is 11.5 Å². The van der Waals surface area contributed by atoms with Crippen molar-refractivity contribution in [3.05, 3.63) is 23.8 Å². The summed E-state index contributed by atoms with van der Waals surface area (Å²) in [7, 11) is 5.02. The highest BCUT2D eigenvalue weighted by atomic mass is 16.5. The van der Waals surface area contributed by atoms with Gasteiger partial charge in [0.25, 0.3) is 0 Å². The molecule has 0 bridgehead atoms. The number of benzene rings is 1. The van der Waals surface area contributed by atoms with Gasteiger partial charge in [-0.05, 0) is 60.5 Å². The van der Waals surface area contributed by atoms with Crippen molar-refractivity contribution >= 4 is 5.78 Å². The van der Waals surface area contributed by atoms with E-state index in [1.807, 2.05) is 32.0 Å². The fourth-order valence-electron chi connectivity index (χ4n) is 6.13. The lowest BCUT2D eigenvalue weighted by Gasteiger charge is -2.58. The minimum Gasteiger partial charge on any atom is -0.497 e. The molecule has 170 valence electrons. The Hall–Kier alpha value is -1.55. The van der Waals surface area contributed by atoms with E-state index in [-0.39, 0.29) is 22.5 Å². The summed E-state index contributed by atoms with van der Waals surface area (Å²) in [5, 5.41) is 0. The molecule has 0 amide bonds. The smallest absolute Gasteiger partial charge is 0.166 e. The molecule has 0 aliphatic heterocycles. The van der Waals surface area contributed by atoms with Crippen molar-refractivity contribution in [2.45, 2.75) is 66.7 Å². The van der Waals surface area contributed by atoms with Crippen LogP contribution in [0.25, 0.3) is 0 Å². The first-order valence-corrected chi connectivity index (χ1v) is 11.5. The van der Waals surface area contributed by atoms with Crippen molar-refractivity contribution in [3.63, 3.8) is 0 Å². The standard InChI is InChI=1S/C24H36O4.C2H6/c1-23(2)8-7-9-24(3)20(10-16(15-26-4)11-21(23)24)22(25)17-12-18(27-5)14-19(13-17)28-6;1-2/h12-14,16,20-21H,7-11,15H2,1-6H3;1-2H3. The summed E-state index contributed by atoms with van der Waals surface area (Å²) in [5.41, 5.74) is 0.978. The summed E-state index contributed by atoms with van der Waals surface area (Å²) in [6.45, 7) is 11.9. The van der Waals surface area contributed by atoms with Gasteiger partial charge in [0.05, 0.1) is 14.2 Å². The number of Topliss-reactive ketones (excluding diaryl/α,β-unsaturated/α-hetero) is 1. The van der Waals surface area contributed by atoms with Gasteiger partial charge in [0.2, 0.25) is 0 Å². The van der Waals surface area contributed by atoms with E-state index in [4.69, 9.17) is 14.2 Å². The number of methoxy groups -OCH3 is 3. The topological polar surface area (TPSA) is 44.8 Å². The van der Waals surface area contributed by atoms with E-state index in [1.165, 1.54) is 12.8 Å². The molecule has 0 saturated heterocycles. The molecule has 3 rings (SSSR count). The Morgan fingerprint density at radius 1 is 0.967 bits per heavy atom. The maximum Gasteiger partial charge on any atom is 0.166 e. The van der Waals surface area contributed by atoms with Gasteiger partial charge in [-0.1, -0.05) is 41.0 Å². The summed E-state index contributed by atoms with van der Waals surface area (Å²) in [6.07, 6.45) is 5.61. The third kappa shape index (κ3) is 4.85. The van der Waals surface area contributed by atoms with Crippen molar-refractivity contribution in [1.29, 1.82) is 0 Å². The van der Waals surface area contributed by atoms with E-state index in [1.54, 1.807) is 21.3 Å². The first-order chi connectivity index (χ1) is 14.2. The Kier molecular flexibility index (Phi) is 8.38. The molecule has 4 atom stereocenters. The van der Waals surface area contributed by atoms with E-state index in [0.29, 0.717) is 28.9 Å². The Morgan fingerprint density at radius 3 is 2.10 bits per heavy atom. The Bertz CT molecular complexity index is 689. The minimum absolute atomic E-state index is 0.00258. The van der Waals surface area contributed by atoms with E-state index in [2.05, 4.69) is 20.8 Å². The van der Waals surface area contributed by atoms with Crippen molar-refractivity contribution in [2.75, 3.05) is 27.9 Å². The molecule has 2 fully saturated rings. The zero-order valence-corrected chi connectivity index (χ0v) is 20.3. The molecule has 2 saturated carbocycles. The van der Waals surface area contributed by atoms with Crippen LogP contribution in [0.4, 0.5) is 0 Å². The van der Waals surface area contributed by atoms with E-state index in [9.17, 15) is 4.79 Å². The molecule has 4 nitrogen and oxygen atoms in total. The first kappa shape index (κ1) is 24.7. The predicted molar refractivity (Wildman–Crippen MR) is 123 cm³/mol. The van der Waals surface area contributed by atoms with Crippen LogP contribution in [-0.2, 0) is 4.74 Å². The van der Waals surface area contributed by atoms with Crippen LogP contribution in [-0.4, -0.2) is 33.7 Å². The lowest BCUT2D eigenvalue weighted by molar-refractivity contribution is -0.0873. The maximum atomic E-state index is 13.8. The molecular weight excluding hydrogens is 376 g/mol. The van der Waals surface area contributed by atoms with Gasteiger partial charge in [-0.15, -0.1) is 0 Å². The van der Waals surface area contributed by atoms with Crippen LogP contribution in [0.15, 0.2) is 18.2 Å². The molecular formula is C26H42O4. The fourth-order valence-corrected chi connectivity index (χ4v) is 6.13. The first-order valence-electron chi connectivity index (χ1n) is 11.5. The van der Waals surface area contributed by atoms with Gasteiger partial charge in [-0.2, -0.15) is 0 Å². The van der Waals surface area contributed by atoms with E-state index < -0.39 is 0 Å². The number of ketones is 1. The maximum absolute atomic E-state index is 13.8. The van der Waals surface area contributed by atoms with Gasteiger partial charge in [-0.25, -0.2) is 0 Å². The van der Waals surface area contributed by atoms with E-state index >= 15 is 0 Å². The van der Waals surface area contributed by atoms with Gasteiger partial charge in [-0.3, -0.25) is 4.79 Å². The van der Waals surface area contributed by atoms with Crippen LogP contribution < -0.4 is 9.47 Å². The lowest BCUT2D eigenvalue weighted by Crippen LogP contribution is -2.53. The number of carbonyl (C=O) groups is 1. The molecule has 2 aliphatic carbocycles. The number of ether oxygens (including phenoxy) is 3. The largest absolute Gasteiger partial charge is 0.497 e. The van der Waals surface area contributed by atoms with Gasteiger partial charge < -0.3 is 14.2 Å². The van der Waals surface area contributed by atoms with Crippen molar-refractivity contribution in [2.24, 2.45) is 28.6 Å². The second-order valence-corrected chi connectivity index (χ2v) is 9.71. The number of hydrogen-bond donors (Lipinski definition) is 0. The molecule has 4 heteroatoms. The monoisotopic (exact) mass is 418 g/mol. The van der Waals surface area contributed by atoms with Gasteiger partial charge >= 0.3 is 0 Å². The molecule has 0 aromatic heterocycles. The van der Waals surface area contributed by atoms with Crippen LogP contribution >= 0.6 is 0 Å². The third-order valence-electron chi connectivity index (χ3n) is 7.56. The summed E-state index contributed by atoms with van der Waals surface area (Å²) >= 11 is 0. The molecule has 1 aromatic carbocycles. The highest BCUT2D eigenvalue weighted by molar-refractivity contribution is 5.99. The lowest BCUT2D eigenvalue weighted by atomic mass is 9.46. The highest BCUT2D eigenvalue weighted by Crippen LogP contribution is 2.61. The Balaban J connectivity index is 0.00000155. The molecule has 2 aliphatic rings. The normalized spacial score (nSPS) is 29.8. The van der Waals surface area contributed by atoms with Crippen LogP contribution in [0.3, 0.4) is 0 Å². The minimum atomic E-state index is 0.00258. The Labute approximate surface area is 183 Å². The summed E-state index contributed by atoms with van der Waals surface area (Å²) in [6, 6.07) is 5.54.